The van der Waals surface area contributed by atoms with E-state index in [0.29, 0.717) is 17.8 Å². The van der Waals surface area contributed by atoms with Gasteiger partial charge in [-0.1, -0.05) is 54.6 Å². The molecule has 1 aliphatic rings. The molecule has 4 aromatic rings. The number of carbonyl (C=O) groups excluding carboxylic acids is 2. The second-order valence-corrected chi connectivity index (χ2v) is 11.2. The summed E-state index contributed by atoms with van der Waals surface area (Å²) in [5, 5.41) is 8.77. The van der Waals surface area contributed by atoms with Gasteiger partial charge in [0.25, 0.3) is 5.91 Å². The van der Waals surface area contributed by atoms with E-state index in [2.05, 4.69) is 21.2 Å². The van der Waals surface area contributed by atoms with Crippen molar-refractivity contribution >= 4 is 44.3 Å². The molecule has 0 saturated carbocycles. The summed E-state index contributed by atoms with van der Waals surface area (Å²) in [5.74, 6) is -0.455. The number of hydrogen-bond donors (Lipinski definition) is 1. The molecule has 7 heteroatoms. The summed E-state index contributed by atoms with van der Waals surface area (Å²) in [6, 6.07) is 22.3. The van der Waals surface area contributed by atoms with Crippen LogP contribution in [0, 0.1) is 6.92 Å². The molecule has 2 unspecified atom stereocenters. The number of anilines is 1. The van der Waals surface area contributed by atoms with Crippen molar-refractivity contribution in [2.24, 2.45) is 0 Å². The predicted octanol–water partition coefficient (Wildman–Crippen LogP) is 5.83. The molecule has 0 fully saturated rings. The molecule has 1 aliphatic heterocycles. The highest BCUT2D eigenvalue weighted by molar-refractivity contribution is 9.10. The first kappa shape index (κ1) is 24.3. The van der Waals surface area contributed by atoms with E-state index in [-0.39, 0.29) is 11.8 Å². The maximum Gasteiger partial charge on any atom is 0.278 e. The second-order valence-electron chi connectivity index (χ2n) is 10.4. The van der Waals surface area contributed by atoms with Crippen molar-refractivity contribution in [3.05, 3.63) is 94.1 Å². The van der Waals surface area contributed by atoms with Crippen molar-refractivity contribution in [3.63, 3.8) is 0 Å². The lowest BCUT2D eigenvalue weighted by atomic mass is 9.92. The lowest BCUT2D eigenvalue weighted by Gasteiger charge is -2.42. The Bertz CT molecular complexity index is 1460. The maximum atomic E-state index is 14.3. The van der Waals surface area contributed by atoms with Crippen molar-refractivity contribution in [1.29, 1.82) is 0 Å². The van der Waals surface area contributed by atoms with Gasteiger partial charge in [-0.25, -0.2) is 0 Å². The molecule has 6 nitrogen and oxygen atoms in total. The number of nitrogens with zero attached hydrogens (tertiary/aromatic N) is 3. The van der Waals surface area contributed by atoms with Gasteiger partial charge in [-0.15, -0.1) is 0 Å². The first-order chi connectivity index (χ1) is 17.1. The van der Waals surface area contributed by atoms with Crippen LogP contribution < -0.4 is 10.2 Å². The van der Waals surface area contributed by atoms with E-state index in [9.17, 15) is 9.59 Å². The maximum absolute atomic E-state index is 14.3. The lowest BCUT2D eigenvalue weighted by Crippen LogP contribution is -2.60. The van der Waals surface area contributed by atoms with E-state index in [1.54, 1.807) is 9.58 Å². The van der Waals surface area contributed by atoms with Crippen molar-refractivity contribution in [2.75, 3.05) is 4.90 Å². The third-order valence-electron chi connectivity index (χ3n) is 6.40. The molecule has 0 spiro atoms. The van der Waals surface area contributed by atoms with Crippen LogP contribution in [0.3, 0.4) is 0 Å². The van der Waals surface area contributed by atoms with Crippen LogP contribution in [0.15, 0.2) is 77.3 Å². The van der Waals surface area contributed by atoms with Crippen LogP contribution in [-0.2, 0) is 11.2 Å². The number of amides is 2. The number of hydrogen-bond acceptors (Lipinski definition) is 3. The first-order valence-corrected chi connectivity index (χ1v) is 12.9. The molecule has 2 atom stereocenters. The van der Waals surface area contributed by atoms with E-state index >= 15 is 0 Å². The Morgan fingerprint density at radius 3 is 2.44 bits per heavy atom. The molecule has 5 rings (SSSR count). The average molecular weight is 545 g/mol. The van der Waals surface area contributed by atoms with Gasteiger partial charge in [-0.3, -0.25) is 19.2 Å². The number of aromatic nitrogens is 2. The van der Waals surface area contributed by atoms with Crippen LogP contribution in [0.5, 0.6) is 0 Å². The van der Waals surface area contributed by atoms with Gasteiger partial charge < -0.3 is 5.32 Å². The number of carbonyl (C=O) groups is 2. The predicted molar refractivity (Wildman–Crippen MR) is 146 cm³/mol. The van der Waals surface area contributed by atoms with Crippen molar-refractivity contribution in [1.82, 2.24) is 15.1 Å². The van der Waals surface area contributed by atoms with Crippen molar-refractivity contribution in [3.8, 4) is 0 Å². The standard InChI is InChI=1S/C29H29BrN4O2/c1-18-14-15-21(30)23(16-18)33-26(27(35)31-29(2,3)4)24(17-19-10-6-5-7-11-19)34-25(28(33)36)20-12-8-9-13-22(20)32-34/h5-16,24,26H,17H2,1-4H3,(H,31,35). The van der Waals surface area contributed by atoms with Crippen LogP contribution in [-0.4, -0.2) is 33.2 Å². The minimum Gasteiger partial charge on any atom is -0.350 e. The van der Waals surface area contributed by atoms with Gasteiger partial charge in [-0.05, 0) is 79.4 Å². The fourth-order valence-electron chi connectivity index (χ4n) is 4.91. The largest absolute Gasteiger partial charge is 0.350 e. The van der Waals surface area contributed by atoms with Crippen molar-refractivity contribution < 1.29 is 9.59 Å². The van der Waals surface area contributed by atoms with Gasteiger partial charge >= 0.3 is 0 Å². The summed E-state index contributed by atoms with van der Waals surface area (Å²) < 4.78 is 2.54. The van der Waals surface area contributed by atoms with E-state index in [4.69, 9.17) is 5.10 Å². The Balaban J connectivity index is 1.78. The minimum absolute atomic E-state index is 0.213. The van der Waals surface area contributed by atoms with E-state index in [1.807, 2.05) is 100 Å². The molecule has 1 aromatic heterocycles. The molecule has 0 radical (unpaired) electrons. The molecule has 2 amide bonds. The Kier molecular flexibility index (Phi) is 6.20. The molecule has 0 bridgehead atoms. The molecule has 0 saturated heterocycles. The van der Waals surface area contributed by atoms with Crippen LogP contribution in [0.4, 0.5) is 5.69 Å². The zero-order valence-electron chi connectivity index (χ0n) is 20.8. The monoisotopic (exact) mass is 544 g/mol. The van der Waals surface area contributed by atoms with Crippen molar-refractivity contribution in [2.45, 2.75) is 51.7 Å². The highest BCUT2D eigenvalue weighted by Crippen LogP contribution is 2.39. The average Bonchev–Trinajstić information content (AvgIpc) is 3.22. The highest BCUT2D eigenvalue weighted by atomic mass is 79.9. The fourth-order valence-corrected chi connectivity index (χ4v) is 5.34. The first-order valence-electron chi connectivity index (χ1n) is 12.1. The molecule has 3 aromatic carbocycles. The Hall–Kier alpha value is -3.45. The number of halogens is 1. The fraction of sp³-hybridized carbons (Fsp3) is 0.276. The number of fused-ring (bicyclic) bond motifs is 3. The zero-order chi connectivity index (χ0) is 25.6. The number of aryl methyl sites for hydroxylation is 1. The van der Waals surface area contributed by atoms with Gasteiger partial charge in [0, 0.05) is 15.4 Å². The number of benzene rings is 3. The second kappa shape index (κ2) is 9.21. The summed E-state index contributed by atoms with van der Waals surface area (Å²) in [4.78, 5) is 30.0. The Morgan fingerprint density at radius 2 is 1.72 bits per heavy atom. The molecular formula is C29H29BrN4O2. The molecule has 184 valence electrons. The quantitative estimate of drug-likeness (QED) is 0.351. The van der Waals surface area contributed by atoms with Crippen LogP contribution >= 0.6 is 15.9 Å². The number of rotatable bonds is 4. The zero-order valence-corrected chi connectivity index (χ0v) is 22.4. The van der Waals surface area contributed by atoms with Crippen LogP contribution in [0.25, 0.3) is 10.9 Å². The minimum atomic E-state index is -0.808. The van der Waals surface area contributed by atoms with Gasteiger partial charge in [0.15, 0.2) is 0 Å². The molecule has 1 N–H and O–H groups in total. The highest BCUT2D eigenvalue weighted by Gasteiger charge is 2.47. The molecule has 0 aliphatic carbocycles. The van der Waals surface area contributed by atoms with E-state index < -0.39 is 17.6 Å². The normalized spacial score (nSPS) is 17.8. The van der Waals surface area contributed by atoms with Gasteiger partial charge in [0.1, 0.15) is 11.7 Å². The molecule has 2 heterocycles. The molecule has 36 heavy (non-hydrogen) atoms. The summed E-state index contributed by atoms with van der Waals surface area (Å²) in [5.41, 5.74) is 3.50. The topological polar surface area (TPSA) is 67.2 Å². The van der Waals surface area contributed by atoms with Gasteiger partial charge in [0.05, 0.1) is 17.2 Å². The van der Waals surface area contributed by atoms with E-state index in [1.165, 1.54) is 0 Å². The summed E-state index contributed by atoms with van der Waals surface area (Å²) in [7, 11) is 0. The third kappa shape index (κ3) is 4.44. The SMILES string of the molecule is Cc1ccc(Br)c(N2C(=O)c3c4ccccc4nn3C(Cc3ccccc3)C2C(=O)NC(C)(C)C)c1. The Morgan fingerprint density at radius 1 is 1.03 bits per heavy atom. The van der Waals surface area contributed by atoms with Gasteiger partial charge in [-0.2, -0.15) is 5.10 Å². The summed E-state index contributed by atoms with van der Waals surface area (Å²) >= 11 is 3.65. The smallest absolute Gasteiger partial charge is 0.278 e. The molecular weight excluding hydrogens is 516 g/mol. The van der Waals surface area contributed by atoms with Crippen LogP contribution in [0.2, 0.25) is 0 Å². The van der Waals surface area contributed by atoms with Gasteiger partial charge in [0.2, 0.25) is 5.91 Å². The lowest BCUT2D eigenvalue weighted by molar-refractivity contribution is -0.125. The summed E-state index contributed by atoms with van der Waals surface area (Å²) in [6.45, 7) is 7.82. The third-order valence-corrected chi connectivity index (χ3v) is 7.07. The summed E-state index contributed by atoms with van der Waals surface area (Å²) in [6.07, 6.45) is 0.539. The Labute approximate surface area is 219 Å². The van der Waals surface area contributed by atoms with E-state index in [0.717, 1.165) is 26.5 Å². The van der Waals surface area contributed by atoms with Crippen LogP contribution in [0.1, 0.15) is 48.4 Å². The number of nitrogens with one attached hydrogen (secondary N) is 1.